The van der Waals surface area contributed by atoms with Crippen molar-refractivity contribution in [2.75, 3.05) is 0 Å². The first-order valence-corrected chi connectivity index (χ1v) is 11.7. The summed E-state index contributed by atoms with van der Waals surface area (Å²) >= 11 is 0. The van der Waals surface area contributed by atoms with Gasteiger partial charge in [-0.1, -0.05) is 18.2 Å². The molecule has 0 atom stereocenters. The number of alkyl halides is 3. The lowest BCUT2D eigenvalue weighted by Gasteiger charge is -2.16. The molecular formula is C29H23F4NO4. The Morgan fingerprint density at radius 2 is 1.74 bits per heavy atom. The van der Waals surface area contributed by atoms with Gasteiger partial charge in [0.05, 0.1) is 11.3 Å². The fourth-order valence-electron chi connectivity index (χ4n) is 3.87. The summed E-state index contributed by atoms with van der Waals surface area (Å²) in [5.74, 6) is -0.944. The minimum atomic E-state index is -4.56. The predicted octanol–water partition coefficient (Wildman–Crippen LogP) is 8.02. The van der Waals surface area contributed by atoms with Gasteiger partial charge in [0.25, 0.3) is 0 Å². The summed E-state index contributed by atoms with van der Waals surface area (Å²) in [7, 11) is 0. The van der Waals surface area contributed by atoms with Crippen LogP contribution >= 0.6 is 0 Å². The molecule has 4 rings (SSSR count). The molecule has 0 aromatic heterocycles. The molecule has 0 fully saturated rings. The van der Waals surface area contributed by atoms with E-state index in [9.17, 15) is 22.4 Å². The molecule has 3 aromatic carbocycles. The van der Waals surface area contributed by atoms with Crippen LogP contribution in [0.4, 0.5) is 17.6 Å². The highest BCUT2D eigenvalue weighted by Crippen LogP contribution is 2.36. The van der Waals surface area contributed by atoms with Crippen molar-refractivity contribution in [3.8, 4) is 23.0 Å². The Morgan fingerprint density at radius 3 is 2.45 bits per heavy atom. The Morgan fingerprint density at radius 1 is 0.974 bits per heavy atom. The largest absolute Gasteiger partial charge is 0.481 e. The molecule has 0 bridgehead atoms. The molecule has 1 heterocycles. The summed E-state index contributed by atoms with van der Waals surface area (Å²) in [5.41, 5.74) is 1.31. The highest BCUT2D eigenvalue weighted by molar-refractivity contribution is 6.04. The number of allylic oxidation sites excluding steroid dienone is 3. The van der Waals surface area contributed by atoms with E-state index in [4.69, 9.17) is 14.6 Å². The van der Waals surface area contributed by atoms with E-state index in [0.717, 1.165) is 35.4 Å². The molecule has 0 saturated heterocycles. The van der Waals surface area contributed by atoms with Crippen molar-refractivity contribution >= 4 is 11.7 Å². The number of rotatable bonds is 8. The minimum absolute atomic E-state index is 0.00340. The molecule has 1 aliphatic heterocycles. The van der Waals surface area contributed by atoms with E-state index >= 15 is 0 Å². The average Bonchev–Trinajstić information content (AvgIpc) is 3.12. The van der Waals surface area contributed by atoms with E-state index in [1.807, 2.05) is 6.92 Å². The van der Waals surface area contributed by atoms with Gasteiger partial charge in [-0.05, 0) is 60.9 Å². The second-order valence-electron chi connectivity index (χ2n) is 8.57. The number of benzene rings is 3. The fourth-order valence-corrected chi connectivity index (χ4v) is 3.87. The molecule has 0 spiro atoms. The van der Waals surface area contributed by atoms with Gasteiger partial charge in [0.15, 0.2) is 0 Å². The fraction of sp³-hybridized carbons (Fsp3) is 0.172. The summed E-state index contributed by atoms with van der Waals surface area (Å²) in [5, 5.41) is 8.89. The number of aryl methyl sites for hydroxylation is 2. The van der Waals surface area contributed by atoms with Crippen LogP contribution < -0.4 is 9.47 Å². The van der Waals surface area contributed by atoms with Crippen LogP contribution in [0.2, 0.25) is 0 Å². The van der Waals surface area contributed by atoms with Gasteiger partial charge in [-0.15, -0.1) is 0 Å². The van der Waals surface area contributed by atoms with Crippen LogP contribution in [0, 0.1) is 12.7 Å². The van der Waals surface area contributed by atoms with Crippen molar-refractivity contribution in [3.63, 3.8) is 0 Å². The maximum absolute atomic E-state index is 14.5. The molecule has 1 N–H and O–H groups in total. The van der Waals surface area contributed by atoms with Crippen LogP contribution in [0.25, 0.3) is 0 Å². The number of carbonyl (C=O) groups is 1. The van der Waals surface area contributed by atoms with Crippen LogP contribution in [0.1, 0.15) is 35.1 Å². The summed E-state index contributed by atoms with van der Waals surface area (Å²) in [6, 6.07) is 11.8. The third-order valence-corrected chi connectivity index (χ3v) is 5.72. The Bertz CT molecular complexity index is 1440. The van der Waals surface area contributed by atoms with Crippen molar-refractivity contribution in [1.29, 1.82) is 0 Å². The van der Waals surface area contributed by atoms with E-state index in [1.54, 1.807) is 36.4 Å². The van der Waals surface area contributed by atoms with Crippen LogP contribution in [0.3, 0.4) is 0 Å². The summed E-state index contributed by atoms with van der Waals surface area (Å²) in [6.07, 6.45) is 2.72. The van der Waals surface area contributed by atoms with Gasteiger partial charge in [0.2, 0.25) is 0 Å². The lowest BCUT2D eigenvalue weighted by Crippen LogP contribution is -2.09. The predicted molar refractivity (Wildman–Crippen MR) is 135 cm³/mol. The van der Waals surface area contributed by atoms with Crippen molar-refractivity contribution < 1.29 is 36.9 Å². The number of aliphatic imine (C=N–C) groups is 1. The molecule has 0 radical (unpaired) electrons. The zero-order chi connectivity index (χ0) is 27.3. The second-order valence-corrected chi connectivity index (χ2v) is 8.57. The second kappa shape index (κ2) is 11.3. The van der Waals surface area contributed by atoms with Gasteiger partial charge in [-0.3, -0.25) is 9.79 Å². The van der Waals surface area contributed by atoms with E-state index in [0.29, 0.717) is 17.9 Å². The smallest absolute Gasteiger partial charge is 0.416 e. The van der Waals surface area contributed by atoms with E-state index < -0.39 is 23.5 Å². The molecule has 5 nitrogen and oxygen atoms in total. The maximum atomic E-state index is 14.5. The molecule has 0 aliphatic carbocycles. The highest BCUT2D eigenvalue weighted by Gasteiger charge is 2.32. The third-order valence-electron chi connectivity index (χ3n) is 5.72. The lowest BCUT2D eigenvalue weighted by atomic mass is 10.0. The highest BCUT2D eigenvalue weighted by atomic mass is 19.4. The first kappa shape index (κ1) is 26.7. The van der Waals surface area contributed by atoms with Crippen LogP contribution in [0.15, 0.2) is 84.0 Å². The van der Waals surface area contributed by atoms with E-state index in [1.165, 1.54) is 18.3 Å². The van der Waals surface area contributed by atoms with Crippen LogP contribution in [-0.2, 0) is 17.4 Å². The summed E-state index contributed by atoms with van der Waals surface area (Å²) in [4.78, 5) is 15.1. The number of hydrogen-bond donors (Lipinski definition) is 1. The van der Waals surface area contributed by atoms with Gasteiger partial charge in [0.1, 0.15) is 28.8 Å². The van der Waals surface area contributed by atoms with E-state index in [-0.39, 0.29) is 35.7 Å². The lowest BCUT2D eigenvalue weighted by molar-refractivity contribution is -0.138. The van der Waals surface area contributed by atoms with Gasteiger partial charge >= 0.3 is 12.1 Å². The number of ether oxygens (including phenoxy) is 2. The van der Waals surface area contributed by atoms with Crippen molar-refractivity contribution in [1.82, 2.24) is 0 Å². The zero-order valence-corrected chi connectivity index (χ0v) is 20.3. The quantitative estimate of drug-likeness (QED) is 0.303. The average molecular weight is 525 g/mol. The molecule has 0 saturated carbocycles. The first-order valence-electron chi connectivity index (χ1n) is 11.7. The molecule has 1 aliphatic rings. The zero-order valence-electron chi connectivity index (χ0n) is 20.3. The van der Waals surface area contributed by atoms with Gasteiger partial charge < -0.3 is 14.6 Å². The monoisotopic (exact) mass is 525 g/mol. The minimum Gasteiger partial charge on any atom is -0.481 e. The molecular weight excluding hydrogens is 502 g/mol. The molecule has 196 valence electrons. The van der Waals surface area contributed by atoms with E-state index in [2.05, 4.69) is 4.99 Å². The van der Waals surface area contributed by atoms with Crippen LogP contribution in [0.5, 0.6) is 23.0 Å². The Labute approximate surface area is 216 Å². The number of aliphatic carboxylic acids is 1. The number of hydrogen-bond acceptors (Lipinski definition) is 4. The van der Waals surface area contributed by atoms with Crippen molar-refractivity contribution in [3.05, 3.63) is 107 Å². The Kier molecular flexibility index (Phi) is 7.95. The van der Waals surface area contributed by atoms with Gasteiger partial charge in [-0.25, -0.2) is 4.39 Å². The number of carboxylic acid groups (broad SMARTS) is 1. The number of nitrogens with zero attached hydrogens (tertiary/aromatic N) is 1. The third kappa shape index (κ3) is 6.88. The SMILES string of the molecule is Cc1cc(Oc2cc(F)cc(Oc3ccc(C(F)(F)F)cc3C3=NC=CC=CC3)c2)ccc1CCC(=O)O. The van der Waals surface area contributed by atoms with Crippen molar-refractivity contribution in [2.45, 2.75) is 32.4 Å². The molecule has 3 aromatic rings. The Hall–Kier alpha value is -4.40. The Balaban J connectivity index is 1.61. The molecule has 9 heteroatoms. The summed E-state index contributed by atoms with van der Waals surface area (Å²) in [6.45, 7) is 1.82. The maximum Gasteiger partial charge on any atom is 0.416 e. The van der Waals surface area contributed by atoms with Gasteiger partial charge in [-0.2, -0.15) is 13.2 Å². The molecule has 0 amide bonds. The van der Waals surface area contributed by atoms with Crippen LogP contribution in [-0.4, -0.2) is 16.8 Å². The first-order chi connectivity index (χ1) is 18.1. The summed E-state index contributed by atoms with van der Waals surface area (Å²) < 4.78 is 66.4. The number of carboxylic acids is 1. The standard InChI is InChI=1S/C29H23F4NO4/c1-18-13-22(9-6-19(18)7-11-28(35)36)37-23-15-21(30)16-24(17-23)38-27-10-8-20(29(31,32)33)14-25(27)26-5-3-2-4-12-34-26/h2-4,6,8-10,12-17H,5,7,11H2,1H3,(H,35,36). The molecule has 38 heavy (non-hydrogen) atoms. The molecule has 0 unspecified atom stereocenters. The van der Waals surface area contributed by atoms with Gasteiger partial charge in [0, 0.05) is 42.8 Å². The normalized spacial score (nSPS) is 13.1. The number of halogens is 4. The van der Waals surface area contributed by atoms with Crippen molar-refractivity contribution in [2.24, 2.45) is 4.99 Å². The topological polar surface area (TPSA) is 68.1 Å².